The molecule has 0 atom stereocenters. The van der Waals surface area contributed by atoms with Gasteiger partial charge in [-0.05, 0) is 42.8 Å². The number of fused-ring (bicyclic) bond motifs is 1. The quantitative estimate of drug-likeness (QED) is 0.655. The Hall–Kier alpha value is -1.98. The van der Waals surface area contributed by atoms with E-state index in [-0.39, 0.29) is 5.91 Å². The first kappa shape index (κ1) is 14.9. The topological polar surface area (TPSA) is 42.0 Å². The van der Waals surface area contributed by atoms with Crippen LogP contribution in [0.4, 0.5) is 5.69 Å². The predicted molar refractivity (Wildman–Crippen MR) is 96.2 cm³/mol. The number of para-hydroxylation sites is 1. The summed E-state index contributed by atoms with van der Waals surface area (Å²) >= 11 is 4.97. The van der Waals surface area contributed by atoms with Crippen LogP contribution in [-0.4, -0.2) is 10.9 Å². The van der Waals surface area contributed by atoms with Gasteiger partial charge in [-0.2, -0.15) is 0 Å². The Labute approximate surface area is 140 Å². The van der Waals surface area contributed by atoms with E-state index < -0.39 is 0 Å². The van der Waals surface area contributed by atoms with Gasteiger partial charge in [0.25, 0.3) is 0 Å². The zero-order valence-electron chi connectivity index (χ0n) is 11.8. The van der Waals surface area contributed by atoms with Crippen LogP contribution < -0.4 is 5.32 Å². The molecule has 0 unspecified atom stereocenters. The summed E-state index contributed by atoms with van der Waals surface area (Å²) in [5.41, 5.74) is 2.77. The normalized spacial score (nSPS) is 11.2. The smallest absolute Gasteiger partial charge is 0.248 e. The maximum Gasteiger partial charge on any atom is 0.248 e. The molecule has 0 radical (unpaired) electrons. The van der Waals surface area contributed by atoms with Crippen LogP contribution in [0.3, 0.4) is 0 Å². The number of halogens is 1. The number of carbonyl (C=O) groups excluding carboxylic acids is 1. The minimum absolute atomic E-state index is 0.166. The van der Waals surface area contributed by atoms with Crippen LogP contribution in [0.1, 0.15) is 10.6 Å². The predicted octanol–water partition coefficient (Wildman–Crippen LogP) is 5.02. The highest BCUT2D eigenvalue weighted by Gasteiger charge is 2.04. The molecular weight excluding hydrogens is 360 g/mol. The van der Waals surface area contributed by atoms with Gasteiger partial charge in [0.15, 0.2) is 0 Å². The largest absolute Gasteiger partial charge is 0.322 e. The van der Waals surface area contributed by atoms with E-state index >= 15 is 0 Å². The number of hydrogen-bond donors (Lipinski definition) is 1. The lowest BCUT2D eigenvalue weighted by Gasteiger charge is -2.06. The molecule has 3 nitrogen and oxygen atoms in total. The van der Waals surface area contributed by atoms with E-state index in [0.717, 1.165) is 30.9 Å². The van der Waals surface area contributed by atoms with Crippen molar-refractivity contribution >= 4 is 55.2 Å². The Morgan fingerprint density at radius 3 is 2.91 bits per heavy atom. The average Bonchev–Trinajstić information content (AvgIpc) is 2.92. The highest BCUT2D eigenvalue weighted by atomic mass is 79.9. The summed E-state index contributed by atoms with van der Waals surface area (Å²) in [4.78, 5) is 16.5. The molecule has 22 heavy (non-hydrogen) atoms. The number of hydrogen-bond acceptors (Lipinski definition) is 3. The lowest BCUT2D eigenvalue weighted by molar-refractivity contribution is -0.111. The van der Waals surface area contributed by atoms with Crippen LogP contribution in [0.15, 0.2) is 53.0 Å². The molecule has 5 heteroatoms. The molecule has 1 N–H and O–H groups in total. The van der Waals surface area contributed by atoms with Gasteiger partial charge in [0.05, 0.1) is 10.2 Å². The number of benzene rings is 2. The van der Waals surface area contributed by atoms with E-state index in [0.29, 0.717) is 0 Å². The first-order valence-electron chi connectivity index (χ1n) is 6.72. The van der Waals surface area contributed by atoms with E-state index in [1.54, 1.807) is 17.4 Å². The van der Waals surface area contributed by atoms with Crippen molar-refractivity contribution in [1.82, 2.24) is 4.98 Å². The zero-order valence-corrected chi connectivity index (χ0v) is 14.2. The molecule has 2 aromatic carbocycles. The Morgan fingerprint density at radius 1 is 1.27 bits per heavy atom. The van der Waals surface area contributed by atoms with Crippen LogP contribution in [0.2, 0.25) is 0 Å². The summed E-state index contributed by atoms with van der Waals surface area (Å²) in [5, 5.41) is 3.70. The number of nitrogens with one attached hydrogen (secondary N) is 1. The maximum atomic E-state index is 12.0. The highest BCUT2D eigenvalue weighted by molar-refractivity contribution is 9.10. The summed E-state index contributed by atoms with van der Waals surface area (Å²) in [5.74, 6) is -0.166. The third-order valence-electron chi connectivity index (χ3n) is 3.15. The van der Waals surface area contributed by atoms with Gasteiger partial charge in [-0.1, -0.05) is 34.1 Å². The van der Waals surface area contributed by atoms with Crippen molar-refractivity contribution in [3.05, 3.63) is 63.6 Å². The lowest BCUT2D eigenvalue weighted by atomic mass is 10.2. The van der Waals surface area contributed by atoms with Gasteiger partial charge in [-0.15, -0.1) is 11.3 Å². The maximum absolute atomic E-state index is 12.0. The zero-order chi connectivity index (χ0) is 15.5. The molecule has 0 aliphatic rings. The van der Waals surface area contributed by atoms with Crippen LogP contribution in [0.25, 0.3) is 16.3 Å². The Kier molecular flexibility index (Phi) is 4.36. The summed E-state index contributed by atoms with van der Waals surface area (Å²) < 4.78 is 2.05. The van der Waals surface area contributed by atoms with Crippen molar-refractivity contribution in [2.75, 3.05) is 5.32 Å². The van der Waals surface area contributed by atoms with E-state index in [1.807, 2.05) is 49.4 Å². The monoisotopic (exact) mass is 372 g/mol. The van der Waals surface area contributed by atoms with E-state index in [4.69, 9.17) is 0 Å². The second kappa shape index (κ2) is 6.42. The van der Waals surface area contributed by atoms with E-state index in [1.165, 1.54) is 6.08 Å². The Bertz CT molecular complexity index is 837. The average molecular weight is 373 g/mol. The molecule has 0 bridgehead atoms. The van der Waals surface area contributed by atoms with Crippen molar-refractivity contribution in [1.29, 1.82) is 0 Å². The minimum atomic E-state index is -0.166. The van der Waals surface area contributed by atoms with Gasteiger partial charge in [0.1, 0.15) is 5.01 Å². The van der Waals surface area contributed by atoms with Crippen molar-refractivity contribution in [3.63, 3.8) is 0 Å². The molecular formula is C17H13BrN2OS. The van der Waals surface area contributed by atoms with Gasteiger partial charge in [-0.3, -0.25) is 4.79 Å². The fourth-order valence-corrected chi connectivity index (χ4v) is 3.24. The molecule has 0 saturated carbocycles. The SMILES string of the molecule is Cc1ccc(Br)cc1NC(=O)C=Cc1nc2ccccc2s1. The van der Waals surface area contributed by atoms with Crippen molar-refractivity contribution in [2.45, 2.75) is 6.92 Å². The van der Waals surface area contributed by atoms with Crippen molar-refractivity contribution in [2.24, 2.45) is 0 Å². The summed E-state index contributed by atoms with van der Waals surface area (Å²) in [6.07, 6.45) is 3.26. The number of rotatable bonds is 3. The van der Waals surface area contributed by atoms with Gasteiger partial charge in [0, 0.05) is 16.2 Å². The molecule has 0 saturated heterocycles. The van der Waals surface area contributed by atoms with Gasteiger partial charge in [0.2, 0.25) is 5.91 Å². The van der Waals surface area contributed by atoms with Crippen LogP contribution in [0.5, 0.6) is 0 Å². The number of thiazole rings is 1. The molecule has 3 aromatic rings. The van der Waals surface area contributed by atoms with Gasteiger partial charge >= 0.3 is 0 Å². The number of nitrogens with zero attached hydrogens (tertiary/aromatic N) is 1. The molecule has 0 spiro atoms. The number of aryl methyl sites for hydroxylation is 1. The van der Waals surface area contributed by atoms with Crippen LogP contribution >= 0.6 is 27.3 Å². The second-order valence-electron chi connectivity index (χ2n) is 4.80. The Morgan fingerprint density at radius 2 is 2.09 bits per heavy atom. The third-order valence-corrected chi connectivity index (χ3v) is 4.64. The fourth-order valence-electron chi connectivity index (χ4n) is 2.01. The summed E-state index contributed by atoms with van der Waals surface area (Å²) in [7, 11) is 0. The summed E-state index contributed by atoms with van der Waals surface area (Å²) in [6.45, 7) is 1.96. The molecule has 3 rings (SSSR count). The number of aromatic nitrogens is 1. The van der Waals surface area contributed by atoms with E-state index in [2.05, 4.69) is 26.2 Å². The number of amides is 1. The molecule has 0 aliphatic carbocycles. The first-order chi connectivity index (χ1) is 10.6. The molecule has 0 aliphatic heterocycles. The standard InChI is InChI=1S/C17H13BrN2OS/c1-11-6-7-12(18)10-14(11)19-16(21)8-9-17-20-13-4-2-3-5-15(13)22-17/h2-10H,1H3,(H,19,21). The minimum Gasteiger partial charge on any atom is -0.322 e. The van der Waals surface area contributed by atoms with Gasteiger partial charge < -0.3 is 5.32 Å². The fraction of sp³-hybridized carbons (Fsp3) is 0.0588. The second-order valence-corrected chi connectivity index (χ2v) is 6.78. The molecule has 0 fully saturated rings. The number of anilines is 1. The summed E-state index contributed by atoms with van der Waals surface area (Å²) in [6, 6.07) is 13.7. The Balaban J connectivity index is 1.74. The third kappa shape index (κ3) is 3.43. The highest BCUT2D eigenvalue weighted by Crippen LogP contribution is 2.23. The molecule has 1 amide bonds. The van der Waals surface area contributed by atoms with E-state index in [9.17, 15) is 4.79 Å². The molecule has 1 heterocycles. The first-order valence-corrected chi connectivity index (χ1v) is 8.33. The van der Waals surface area contributed by atoms with Crippen LogP contribution in [0, 0.1) is 6.92 Å². The van der Waals surface area contributed by atoms with Crippen molar-refractivity contribution in [3.8, 4) is 0 Å². The van der Waals surface area contributed by atoms with Gasteiger partial charge in [-0.25, -0.2) is 4.98 Å². The lowest BCUT2D eigenvalue weighted by Crippen LogP contribution is -2.08. The number of carbonyl (C=O) groups is 1. The van der Waals surface area contributed by atoms with Crippen molar-refractivity contribution < 1.29 is 4.79 Å². The molecule has 110 valence electrons. The van der Waals surface area contributed by atoms with Crippen LogP contribution in [-0.2, 0) is 4.79 Å². The molecule has 1 aromatic heterocycles.